The van der Waals surface area contributed by atoms with Crippen molar-refractivity contribution in [3.63, 3.8) is 0 Å². The van der Waals surface area contributed by atoms with Crippen LogP contribution in [0.2, 0.25) is 0 Å². The highest BCUT2D eigenvalue weighted by molar-refractivity contribution is 5.92. The van der Waals surface area contributed by atoms with Crippen molar-refractivity contribution in [1.82, 2.24) is 20.4 Å². The first kappa shape index (κ1) is 12.9. The lowest BCUT2D eigenvalue weighted by Crippen LogP contribution is -2.26. The number of rotatable bonds is 2. The Balaban J connectivity index is 1.86. The van der Waals surface area contributed by atoms with Gasteiger partial charge in [0.1, 0.15) is 11.4 Å². The fraction of sp³-hybridized carbons (Fsp3) is 0.118. The van der Waals surface area contributed by atoms with Gasteiger partial charge < -0.3 is 15.1 Å². The number of benzene rings is 1. The monoisotopic (exact) mass is 292 g/mol. The maximum atomic E-state index is 9.66. The van der Waals surface area contributed by atoms with E-state index < -0.39 is 0 Å². The van der Waals surface area contributed by atoms with E-state index in [1.54, 1.807) is 12.1 Å². The molecule has 0 saturated carbocycles. The van der Waals surface area contributed by atoms with Crippen molar-refractivity contribution in [2.24, 2.45) is 0 Å². The van der Waals surface area contributed by atoms with Gasteiger partial charge in [0.05, 0.1) is 5.70 Å². The predicted molar refractivity (Wildman–Crippen MR) is 86.9 cm³/mol. The minimum absolute atomic E-state index is 0.259. The number of nitrogens with one attached hydrogen (secondary N) is 2. The van der Waals surface area contributed by atoms with Crippen LogP contribution in [-0.2, 0) is 0 Å². The third-order valence-electron chi connectivity index (χ3n) is 3.97. The first-order valence-corrected chi connectivity index (χ1v) is 7.17. The molecule has 3 aromatic rings. The van der Waals surface area contributed by atoms with Crippen LogP contribution in [0.25, 0.3) is 27.9 Å². The second kappa shape index (κ2) is 4.89. The molecule has 1 aliphatic rings. The van der Waals surface area contributed by atoms with Crippen molar-refractivity contribution in [2.45, 2.75) is 0 Å². The average molecular weight is 292 g/mol. The van der Waals surface area contributed by atoms with E-state index in [0.29, 0.717) is 0 Å². The van der Waals surface area contributed by atoms with Crippen molar-refractivity contribution in [1.29, 1.82) is 0 Å². The number of fused-ring (bicyclic) bond motifs is 1. The fourth-order valence-corrected chi connectivity index (χ4v) is 2.85. The summed E-state index contributed by atoms with van der Waals surface area (Å²) in [5.74, 6) is 0.259. The quantitative estimate of drug-likeness (QED) is 0.679. The second-order valence-corrected chi connectivity index (χ2v) is 5.38. The Labute approximate surface area is 127 Å². The molecule has 0 aliphatic carbocycles. The van der Waals surface area contributed by atoms with E-state index in [-0.39, 0.29) is 5.75 Å². The van der Waals surface area contributed by atoms with Gasteiger partial charge in [-0.05, 0) is 29.8 Å². The van der Waals surface area contributed by atoms with E-state index in [0.717, 1.165) is 40.0 Å². The summed E-state index contributed by atoms with van der Waals surface area (Å²) in [5.41, 5.74) is 8.31. The molecule has 0 spiro atoms. The molecule has 0 fully saturated rings. The summed E-state index contributed by atoms with van der Waals surface area (Å²) in [7, 11) is 2.00. The minimum atomic E-state index is 0.259. The van der Waals surface area contributed by atoms with Crippen LogP contribution in [0, 0.1) is 0 Å². The van der Waals surface area contributed by atoms with Crippen LogP contribution in [-0.4, -0.2) is 33.7 Å². The molecule has 0 saturated heterocycles. The van der Waals surface area contributed by atoms with Gasteiger partial charge in [-0.1, -0.05) is 12.1 Å². The molecule has 1 aliphatic heterocycles. The molecule has 5 nitrogen and oxygen atoms in total. The first-order chi connectivity index (χ1) is 10.7. The fourth-order valence-electron chi connectivity index (χ4n) is 2.85. The van der Waals surface area contributed by atoms with Gasteiger partial charge in [-0.3, -0.25) is 0 Å². The molecular formula is C17H16N4O. The molecule has 22 heavy (non-hydrogen) atoms. The molecular weight excluding hydrogens is 276 g/mol. The molecule has 1 aromatic carbocycles. The summed E-state index contributed by atoms with van der Waals surface area (Å²) in [5, 5.41) is 12.7. The Morgan fingerprint density at radius 2 is 2.14 bits per heavy atom. The maximum absolute atomic E-state index is 9.66. The Morgan fingerprint density at radius 3 is 2.91 bits per heavy atom. The normalized spacial score (nSPS) is 14.6. The summed E-state index contributed by atoms with van der Waals surface area (Å²) in [6.45, 7) is 0.832. The van der Waals surface area contributed by atoms with E-state index in [1.807, 2.05) is 36.6 Å². The maximum Gasteiger partial charge on any atom is 0.137 e. The van der Waals surface area contributed by atoms with E-state index in [4.69, 9.17) is 0 Å². The average Bonchev–Trinajstić information content (AvgIpc) is 3.12. The number of hydrogen-bond acceptors (Lipinski definition) is 4. The van der Waals surface area contributed by atoms with E-state index >= 15 is 0 Å². The van der Waals surface area contributed by atoms with Gasteiger partial charge in [-0.2, -0.15) is 0 Å². The van der Waals surface area contributed by atoms with Crippen LogP contribution in [0.3, 0.4) is 0 Å². The molecule has 0 unspecified atom stereocenters. The molecule has 110 valence electrons. The Kier molecular flexibility index (Phi) is 2.87. The standard InChI is InChI=1S/C17H16N4O/c1-21-16(5-6-20-21)15-10-19-17-14(15)8-12(9-18-17)11-3-2-4-13(22)7-11/h2-5,7-10,20,22H,6H2,1H3,(H,18,19). The van der Waals surface area contributed by atoms with Crippen molar-refractivity contribution >= 4 is 16.7 Å². The largest absolute Gasteiger partial charge is 0.508 e. The van der Waals surface area contributed by atoms with Gasteiger partial charge in [0, 0.05) is 42.5 Å². The van der Waals surface area contributed by atoms with Crippen molar-refractivity contribution in [3.05, 3.63) is 54.4 Å². The third kappa shape index (κ3) is 2.03. The number of aromatic amines is 1. The number of hydrogen-bond donors (Lipinski definition) is 3. The SMILES string of the molecule is CN1NCC=C1c1c[nH]c2ncc(-c3cccc(O)c3)cc12. The number of phenols is 1. The molecule has 3 heterocycles. The van der Waals surface area contributed by atoms with Gasteiger partial charge in [0.2, 0.25) is 0 Å². The van der Waals surface area contributed by atoms with Gasteiger partial charge >= 0.3 is 0 Å². The Morgan fingerprint density at radius 1 is 1.23 bits per heavy atom. The van der Waals surface area contributed by atoms with E-state index in [1.165, 1.54) is 0 Å². The first-order valence-electron chi connectivity index (χ1n) is 7.17. The number of H-pyrrole nitrogens is 1. The van der Waals surface area contributed by atoms with Crippen LogP contribution in [0.1, 0.15) is 5.56 Å². The summed E-state index contributed by atoms with van der Waals surface area (Å²) < 4.78 is 0. The molecule has 5 heteroatoms. The molecule has 3 N–H and O–H groups in total. The van der Waals surface area contributed by atoms with E-state index in [9.17, 15) is 5.11 Å². The third-order valence-corrected chi connectivity index (χ3v) is 3.97. The lowest BCUT2D eigenvalue weighted by atomic mass is 10.0. The molecule has 0 bridgehead atoms. The van der Waals surface area contributed by atoms with Gasteiger partial charge in [0.25, 0.3) is 0 Å². The highest BCUT2D eigenvalue weighted by atomic mass is 16.3. The lowest BCUT2D eigenvalue weighted by molar-refractivity contribution is 0.392. The highest BCUT2D eigenvalue weighted by Crippen LogP contribution is 2.30. The van der Waals surface area contributed by atoms with Gasteiger partial charge in [-0.25, -0.2) is 10.4 Å². The lowest BCUT2D eigenvalue weighted by Gasteiger charge is -2.15. The number of nitrogens with zero attached hydrogens (tertiary/aromatic N) is 2. The van der Waals surface area contributed by atoms with Gasteiger partial charge in [-0.15, -0.1) is 0 Å². The van der Waals surface area contributed by atoms with Crippen LogP contribution in [0.15, 0.2) is 48.8 Å². The molecule has 0 amide bonds. The topological polar surface area (TPSA) is 64.2 Å². The minimum Gasteiger partial charge on any atom is -0.508 e. The van der Waals surface area contributed by atoms with Crippen molar-refractivity contribution in [2.75, 3.05) is 13.6 Å². The zero-order valence-electron chi connectivity index (χ0n) is 12.2. The van der Waals surface area contributed by atoms with Crippen molar-refractivity contribution in [3.8, 4) is 16.9 Å². The summed E-state index contributed by atoms with van der Waals surface area (Å²) in [6.07, 6.45) is 5.96. The summed E-state index contributed by atoms with van der Waals surface area (Å²) >= 11 is 0. The van der Waals surface area contributed by atoms with Crippen LogP contribution in [0.5, 0.6) is 5.75 Å². The van der Waals surface area contributed by atoms with Gasteiger partial charge in [0.15, 0.2) is 0 Å². The molecule has 2 aromatic heterocycles. The zero-order valence-corrected chi connectivity index (χ0v) is 12.2. The highest BCUT2D eigenvalue weighted by Gasteiger charge is 2.17. The summed E-state index contributed by atoms with van der Waals surface area (Å²) in [6, 6.07) is 9.33. The van der Waals surface area contributed by atoms with Crippen LogP contribution in [0.4, 0.5) is 0 Å². The number of pyridine rings is 1. The Hall–Kier alpha value is -2.79. The van der Waals surface area contributed by atoms with Crippen molar-refractivity contribution < 1.29 is 5.11 Å². The summed E-state index contributed by atoms with van der Waals surface area (Å²) in [4.78, 5) is 7.72. The zero-order chi connectivity index (χ0) is 15.1. The molecule has 0 radical (unpaired) electrons. The number of aromatic nitrogens is 2. The smallest absolute Gasteiger partial charge is 0.137 e. The van der Waals surface area contributed by atoms with Crippen LogP contribution >= 0.6 is 0 Å². The number of hydrazine groups is 1. The predicted octanol–water partition coefficient (Wildman–Crippen LogP) is 2.73. The van der Waals surface area contributed by atoms with Crippen LogP contribution < -0.4 is 5.43 Å². The van der Waals surface area contributed by atoms with E-state index in [2.05, 4.69) is 27.5 Å². The second-order valence-electron chi connectivity index (χ2n) is 5.38. The molecule has 4 rings (SSSR count). The number of aromatic hydroxyl groups is 1. The molecule has 0 atom stereocenters. The Bertz CT molecular complexity index is 881. The number of phenolic OH excluding ortho intramolecular Hbond substituents is 1.